The minimum absolute atomic E-state index is 0.0304. The number of aromatic nitrogens is 4. The Bertz CT molecular complexity index is 830. The van der Waals surface area contributed by atoms with Crippen LogP contribution in [0, 0.1) is 10.1 Å². The van der Waals surface area contributed by atoms with Gasteiger partial charge in [-0.3, -0.25) is 19.7 Å². The molecule has 2 amide bonds. The SMILES string of the molecule is CC(=O)N(C(C)=O)c1nnnn1/N=C\c1cc([N+](=O)[O-])ccc1O. The van der Waals surface area contributed by atoms with Gasteiger partial charge in [-0.15, -0.1) is 0 Å². The van der Waals surface area contributed by atoms with Crippen LogP contribution in [-0.4, -0.2) is 48.4 Å². The molecule has 1 heterocycles. The van der Waals surface area contributed by atoms with E-state index in [4.69, 9.17) is 0 Å². The topological polar surface area (TPSA) is 157 Å². The van der Waals surface area contributed by atoms with Crippen molar-refractivity contribution in [2.24, 2.45) is 5.10 Å². The fourth-order valence-corrected chi connectivity index (χ4v) is 1.77. The normalized spacial score (nSPS) is 10.8. The van der Waals surface area contributed by atoms with Gasteiger partial charge in [-0.1, -0.05) is 9.89 Å². The molecule has 0 fully saturated rings. The van der Waals surface area contributed by atoms with Crippen molar-refractivity contribution in [1.29, 1.82) is 0 Å². The zero-order chi connectivity index (χ0) is 17.9. The van der Waals surface area contributed by atoms with E-state index in [2.05, 4.69) is 20.6 Å². The highest BCUT2D eigenvalue weighted by Gasteiger charge is 2.23. The summed E-state index contributed by atoms with van der Waals surface area (Å²) < 4.78 is 0. The molecule has 0 radical (unpaired) electrons. The minimum Gasteiger partial charge on any atom is -0.507 e. The zero-order valence-electron chi connectivity index (χ0n) is 12.5. The number of aromatic hydroxyl groups is 1. The number of benzene rings is 1. The van der Waals surface area contributed by atoms with Crippen LogP contribution in [0.2, 0.25) is 0 Å². The lowest BCUT2D eigenvalue weighted by molar-refractivity contribution is -0.384. The van der Waals surface area contributed by atoms with E-state index in [1.165, 1.54) is 0 Å². The van der Waals surface area contributed by atoms with Crippen molar-refractivity contribution in [3.05, 3.63) is 33.9 Å². The van der Waals surface area contributed by atoms with Crippen LogP contribution in [0.25, 0.3) is 0 Å². The van der Waals surface area contributed by atoms with Crippen molar-refractivity contribution in [2.75, 3.05) is 4.90 Å². The van der Waals surface area contributed by atoms with E-state index in [1.54, 1.807) is 0 Å². The molecule has 2 rings (SSSR count). The van der Waals surface area contributed by atoms with Crippen molar-refractivity contribution >= 4 is 29.7 Å². The van der Waals surface area contributed by atoms with E-state index < -0.39 is 16.7 Å². The van der Waals surface area contributed by atoms with Crippen molar-refractivity contribution in [3.63, 3.8) is 0 Å². The molecule has 124 valence electrons. The first-order valence-corrected chi connectivity index (χ1v) is 6.42. The number of carbonyl (C=O) groups is 2. The Morgan fingerprint density at radius 3 is 2.62 bits per heavy atom. The third-order valence-corrected chi connectivity index (χ3v) is 2.80. The van der Waals surface area contributed by atoms with Gasteiger partial charge in [0.25, 0.3) is 11.6 Å². The molecule has 2 aromatic rings. The van der Waals surface area contributed by atoms with E-state index in [0.717, 1.165) is 43.1 Å². The lowest BCUT2D eigenvalue weighted by atomic mass is 10.2. The highest BCUT2D eigenvalue weighted by atomic mass is 16.6. The number of non-ortho nitro benzene ring substituents is 1. The van der Waals surface area contributed by atoms with Crippen LogP contribution in [-0.2, 0) is 9.59 Å². The summed E-state index contributed by atoms with van der Waals surface area (Å²) in [5.41, 5.74) is -0.219. The molecule has 0 saturated carbocycles. The fraction of sp³-hybridized carbons (Fsp3) is 0.167. The van der Waals surface area contributed by atoms with Gasteiger partial charge in [0, 0.05) is 31.5 Å². The van der Waals surface area contributed by atoms with E-state index in [0.29, 0.717) is 4.90 Å². The van der Waals surface area contributed by atoms with Gasteiger partial charge in [0.15, 0.2) is 0 Å². The van der Waals surface area contributed by atoms with Crippen LogP contribution >= 0.6 is 0 Å². The number of nitrogens with zero attached hydrogens (tertiary/aromatic N) is 7. The second-order valence-electron chi connectivity index (χ2n) is 4.49. The Morgan fingerprint density at radius 2 is 2.04 bits per heavy atom. The Balaban J connectivity index is 2.40. The van der Waals surface area contributed by atoms with Crippen LogP contribution in [0.4, 0.5) is 11.6 Å². The van der Waals surface area contributed by atoms with Crippen molar-refractivity contribution in [2.45, 2.75) is 13.8 Å². The second-order valence-corrected chi connectivity index (χ2v) is 4.49. The average molecular weight is 333 g/mol. The summed E-state index contributed by atoms with van der Waals surface area (Å²) in [6.45, 7) is 2.30. The molecule has 0 saturated heterocycles. The second kappa shape index (κ2) is 6.60. The highest BCUT2D eigenvalue weighted by Crippen LogP contribution is 2.21. The van der Waals surface area contributed by atoms with Crippen LogP contribution in [0.15, 0.2) is 23.3 Å². The number of rotatable bonds is 4. The summed E-state index contributed by atoms with van der Waals surface area (Å²) in [5.74, 6) is -1.75. The van der Waals surface area contributed by atoms with Crippen LogP contribution in [0.1, 0.15) is 19.4 Å². The quantitative estimate of drug-likeness (QED) is 0.467. The molecule has 12 heteroatoms. The molecule has 1 N–H and O–H groups in total. The molecule has 0 bridgehead atoms. The maximum absolute atomic E-state index is 11.5. The van der Waals surface area contributed by atoms with Crippen LogP contribution < -0.4 is 4.90 Å². The number of phenolic OH excluding ortho intramolecular Hbond substituents is 1. The lowest BCUT2D eigenvalue weighted by Crippen LogP contribution is -2.35. The minimum atomic E-state index is -0.632. The molecule has 1 aromatic carbocycles. The van der Waals surface area contributed by atoms with Gasteiger partial charge < -0.3 is 5.11 Å². The molecule has 0 atom stereocenters. The monoisotopic (exact) mass is 333 g/mol. The third-order valence-electron chi connectivity index (χ3n) is 2.80. The van der Waals surface area contributed by atoms with Gasteiger partial charge >= 0.3 is 0 Å². The summed E-state index contributed by atoms with van der Waals surface area (Å²) in [5, 5.41) is 34.6. The molecule has 0 aliphatic heterocycles. The van der Waals surface area contributed by atoms with Crippen LogP contribution in [0.3, 0.4) is 0 Å². The van der Waals surface area contributed by atoms with Gasteiger partial charge in [-0.25, -0.2) is 4.90 Å². The molecular weight excluding hydrogens is 322 g/mol. The number of carbonyl (C=O) groups excluding carboxylic acids is 2. The van der Waals surface area contributed by atoms with E-state index in [1.807, 2.05) is 0 Å². The number of amides is 2. The highest BCUT2D eigenvalue weighted by molar-refractivity contribution is 6.11. The lowest BCUT2D eigenvalue weighted by Gasteiger charge is -2.13. The first kappa shape index (κ1) is 16.7. The van der Waals surface area contributed by atoms with Crippen molar-refractivity contribution in [3.8, 4) is 5.75 Å². The molecule has 0 spiro atoms. The molecule has 12 nitrogen and oxygen atoms in total. The zero-order valence-corrected chi connectivity index (χ0v) is 12.5. The molecule has 1 aromatic heterocycles. The van der Waals surface area contributed by atoms with Gasteiger partial charge in [0.2, 0.25) is 11.8 Å². The van der Waals surface area contributed by atoms with E-state index >= 15 is 0 Å². The first-order valence-electron chi connectivity index (χ1n) is 6.42. The maximum atomic E-state index is 11.5. The number of nitro benzene ring substituents is 1. The Morgan fingerprint density at radius 1 is 1.38 bits per heavy atom. The largest absolute Gasteiger partial charge is 0.507 e. The molecule has 24 heavy (non-hydrogen) atoms. The number of hydrogen-bond donors (Lipinski definition) is 1. The molecule has 0 unspecified atom stereocenters. The van der Waals surface area contributed by atoms with Crippen molar-refractivity contribution < 1.29 is 19.6 Å². The Hall–Kier alpha value is -3.70. The number of tetrazole rings is 1. The summed E-state index contributed by atoms with van der Waals surface area (Å²) in [4.78, 5) is 34.6. The molecule has 0 aliphatic rings. The third kappa shape index (κ3) is 3.37. The predicted octanol–water partition coefficient (Wildman–Crippen LogP) is 0.0685. The van der Waals surface area contributed by atoms with Gasteiger partial charge in [0.05, 0.1) is 11.1 Å². The summed E-state index contributed by atoms with van der Waals surface area (Å²) in [7, 11) is 0. The summed E-state index contributed by atoms with van der Waals surface area (Å²) in [6, 6.07) is 3.36. The number of nitro groups is 1. The average Bonchev–Trinajstić information content (AvgIpc) is 2.93. The first-order chi connectivity index (χ1) is 11.3. The van der Waals surface area contributed by atoms with Gasteiger partial charge in [-0.2, -0.15) is 5.10 Å². The molecule has 0 aliphatic carbocycles. The maximum Gasteiger partial charge on any atom is 0.281 e. The van der Waals surface area contributed by atoms with E-state index in [9.17, 15) is 24.8 Å². The summed E-state index contributed by atoms with van der Waals surface area (Å²) in [6.07, 6.45) is 1.06. The smallest absolute Gasteiger partial charge is 0.281 e. The van der Waals surface area contributed by atoms with E-state index in [-0.39, 0.29) is 22.9 Å². The number of hydrogen-bond acceptors (Lipinski definition) is 9. The summed E-state index contributed by atoms with van der Waals surface area (Å²) >= 11 is 0. The Kier molecular flexibility index (Phi) is 4.58. The van der Waals surface area contributed by atoms with Crippen LogP contribution in [0.5, 0.6) is 5.75 Å². The fourth-order valence-electron chi connectivity index (χ4n) is 1.77. The standard InChI is InChI=1S/C12H11N7O5/c1-7(20)17(8(2)21)12-14-15-16-18(12)13-6-9-5-10(19(23)24)3-4-11(9)22/h3-6,22H,1-2H3/b13-6-. The number of phenols is 1. The predicted molar refractivity (Wildman–Crippen MR) is 79.4 cm³/mol. The Labute approximate surface area is 134 Å². The van der Waals surface area contributed by atoms with Gasteiger partial charge in [0.1, 0.15) is 5.75 Å². The number of imide groups is 1. The number of anilines is 1. The van der Waals surface area contributed by atoms with Gasteiger partial charge in [-0.05, 0) is 16.5 Å². The van der Waals surface area contributed by atoms with Crippen molar-refractivity contribution in [1.82, 2.24) is 20.3 Å². The molecular formula is C12H11N7O5.